The minimum atomic E-state index is -0.0753. The average Bonchev–Trinajstić information content (AvgIpc) is 1.87. The summed E-state index contributed by atoms with van der Waals surface area (Å²) in [6.45, 7) is 9.86. The molecule has 0 radical (unpaired) electrons. The van der Waals surface area contributed by atoms with Gasteiger partial charge in [0, 0.05) is 20.0 Å². The Morgan fingerprint density at radius 1 is 1.45 bits per heavy atom. The summed E-state index contributed by atoms with van der Waals surface area (Å²) in [5.41, 5.74) is 2.63. The van der Waals surface area contributed by atoms with Crippen LogP contribution in [0.15, 0.2) is 25.3 Å². The standard InChI is InChI=1S/C8H14N2O/c1-4-6-10(7-5-2)9-8(3)11/h4-5H,1-2,6-7H2,3H3,(H,9,11). The molecule has 0 aromatic carbocycles. The Morgan fingerprint density at radius 3 is 2.18 bits per heavy atom. The lowest BCUT2D eigenvalue weighted by Crippen LogP contribution is -2.41. The molecule has 1 amide bonds. The molecule has 11 heavy (non-hydrogen) atoms. The highest BCUT2D eigenvalue weighted by Gasteiger charge is 1.99. The number of nitrogens with zero attached hydrogens (tertiary/aromatic N) is 1. The highest BCUT2D eigenvalue weighted by atomic mass is 16.2. The van der Waals surface area contributed by atoms with E-state index in [2.05, 4.69) is 18.6 Å². The van der Waals surface area contributed by atoms with Crippen LogP contribution in [0.1, 0.15) is 6.92 Å². The van der Waals surface area contributed by atoms with Gasteiger partial charge in [0.25, 0.3) is 0 Å². The fourth-order valence-corrected chi connectivity index (χ4v) is 0.700. The van der Waals surface area contributed by atoms with Crippen LogP contribution in [0.3, 0.4) is 0 Å². The molecule has 3 heteroatoms. The molecule has 0 aliphatic rings. The topological polar surface area (TPSA) is 32.3 Å². The smallest absolute Gasteiger partial charge is 0.231 e. The van der Waals surface area contributed by atoms with Crippen molar-refractivity contribution in [1.82, 2.24) is 10.4 Å². The Bertz CT molecular complexity index is 144. The molecule has 0 rings (SSSR count). The molecule has 1 N–H and O–H groups in total. The fourth-order valence-electron chi connectivity index (χ4n) is 0.700. The molecule has 3 nitrogen and oxygen atoms in total. The van der Waals surface area contributed by atoms with Gasteiger partial charge in [-0.2, -0.15) is 0 Å². The Morgan fingerprint density at radius 2 is 1.91 bits per heavy atom. The highest BCUT2D eigenvalue weighted by molar-refractivity contribution is 5.72. The van der Waals surface area contributed by atoms with Crippen molar-refractivity contribution in [3.63, 3.8) is 0 Å². The van der Waals surface area contributed by atoms with Crippen molar-refractivity contribution < 1.29 is 4.79 Å². The Hall–Kier alpha value is -1.09. The van der Waals surface area contributed by atoms with Gasteiger partial charge in [0.15, 0.2) is 0 Å². The Kier molecular flexibility index (Phi) is 5.11. The predicted molar refractivity (Wildman–Crippen MR) is 45.8 cm³/mol. The first-order valence-electron chi connectivity index (χ1n) is 3.44. The van der Waals surface area contributed by atoms with Crippen molar-refractivity contribution in [2.45, 2.75) is 6.92 Å². The predicted octanol–water partition coefficient (Wildman–Crippen LogP) is 0.712. The molecule has 0 heterocycles. The van der Waals surface area contributed by atoms with Crippen molar-refractivity contribution in [1.29, 1.82) is 0 Å². The van der Waals surface area contributed by atoms with Crippen LogP contribution < -0.4 is 5.43 Å². The van der Waals surface area contributed by atoms with Gasteiger partial charge in [-0.1, -0.05) is 12.2 Å². The van der Waals surface area contributed by atoms with E-state index in [1.165, 1.54) is 6.92 Å². The summed E-state index contributed by atoms with van der Waals surface area (Å²) in [4.78, 5) is 10.6. The van der Waals surface area contributed by atoms with Crippen LogP contribution >= 0.6 is 0 Å². The van der Waals surface area contributed by atoms with Gasteiger partial charge in [0.05, 0.1) is 0 Å². The molecule has 0 fully saturated rings. The third kappa shape index (κ3) is 5.36. The van der Waals surface area contributed by atoms with Crippen molar-refractivity contribution in [3.8, 4) is 0 Å². The zero-order chi connectivity index (χ0) is 8.69. The van der Waals surface area contributed by atoms with Crippen molar-refractivity contribution in [3.05, 3.63) is 25.3 Å². The number of carbonyl (C=O) groups is 1. The van der Waals surface area contributed by atoms with Gasteiger partial charge in [0.1, 0.15) is 0 Å². The fraction of sp³-hybridized carbons (Fsp3) is 0.375. The average molecular weight is 154 g/mol. The molecule has 0 aromatic heterocycles. The second-order valence-corrected chi connectivity index (χ2v) is 2.15. The van der Waals surface area contributed by atoms with Crippen molar-refractivity contribution >= 4 is 5.91 Å². The van der Waals surface area contributed by atoms with Crippen molar-refractivity contribution in [2.75, 3.05) is 13.1 Å². The van der Waals surface area contributed by atoms with Gasteiger partial charge in [-0.25, -0.2) is 5.01 Å². The van der Waals surface area contributed by atoms with Crippen LogP contribution in [0.4, 0.5) is 0 Å². The van der Waals surface area contributed by atoms with E-state index in [0.29, 0.717) is 13.1 Å². The summed E-state index contributed by atoms with van der Waals surface area (Å²) in [6.07, 6.45) is 3.44. The molecule has 0 saturated heterocycles. The van der Waals surface area contributed by atoms with Gasteiger partial charge in [0.2, 0.25) is 5.91 Å². The first-order valence-corrected chi connectivity index (χ1v) is 3.44. The Balaban J connectivity index is 3.76. The number of hydrogen-bond donors (Lipinski definition) is 1. The van der Waals surface area contributed by atoms with E-state index in [1.807, 2.05) is 0 Å². The van der Waals surface area contributed by atoms with Crippen LogP contribution in [-0.4, -0.2) is 24.0 Å². The maximum atomic E-state index is 10.6. The minimum Gasteiger partial charge on any atom is -0.289 e. The Labute approximate surface area is 67.4 Å². The lowest BCUT2D eigenvalue weighted by atomic mass is 10.5. The molecule has 0 atom stereocenters. The maximum Gasteiger partial charge on any atom is 0.231 e. The summed E-state index contributed by atoms with van der Waals surface area (Å²) in [6, 6.07) is 0. The summed E-state index contributed by atoms with van der Waals surface area (Å²) >= 11 is 0. The van der Waals surface area contributed by atoms with Crippen LogP contribution in [-0.2, 0) is 4.79 Å². The number of nitrogens with one attached hydrogen (secondary N) is 1. The lowest BCUT2D eigenvalue weighted by Gasteiger charge is -2.18. The molecule has 0 aromatic rings. The minimum absolute atomic E-state index is 0.0753. The summed E-state index contributed by atoms with van der Waals surface area (Å²) in [5, 5.41) is 1.72. The number of amides is 1. The van der Waals surface area contributed by atoms with Gasteiger partial charge in [-0.15, -0.1) is 13.2 Å². The maximum absolute atomic E-state index is 10.6. The van der Waals surface area contributed by atoms with Crippen LogP contribution in [0.2, 0.25) is 0 Å². The third-order valence-electron chi connectivity index (χ3n) is 1.01. The second kappa shape index (κ2) is 5.68. The molecule has 0 saturated carbocycles. The van der Waals surface area contributed by atoms with Crippen LogP contribution in [0, 0.1) is 0 Å². The summed E-state index contributed by atoms with van der Waals surface area (Å²) in [5.74, 6) is -0.0753. The third-order valence-corrected chi connectivity index (χ3v) is 1.01. The number of rotatable bonds is 5. The lowest BCUT2D eigenvalue weighted by molar-refractivity contribution is -0.123. The highest BCUT2D eigenvalue weighted by Crippen LogP contribution is 1.82. The van der Waals surface area contributed by atoms with E-state index in [-0.39, 0.29) is 5.91 Å². The van der Waals surface area contributed by atoms with Gasteiger partial charge in [-0.3, -0.25) is 10.2 Å². The summed E-state index contributed by atoms with van der Waals surface area (Å²) < 4.78 is 0. The second-order valence-electron chi connectivity index (χ2n) is 2.15. The van der Waals surface area contributed by atoms with E-state index in [0.717, 1.165) is 0 Å². The molecular formula is C8H14N2O. The van der Waals surface area contributed by atoms with Crippen LogP contribution in [0.5, 0.6) is 0 Å². The number of hydrazine groups is 1. The van der Waals surface area contributed by atoms with Crippen LogP contribution in [0.25, 0.3) is 0 Å². The molecular weight excluding hydrogens is 140 g/mol. The van der Waals surface area contributed by atoms with E-state index >= 15 is 0 Å². The molecule has 0 spiro atoms. The quantitative estimate of drug-likeness (QED) is 0.467. The summed E-state index contributed by atoms with van der Waals surface area (Å²) in [7, 11) is 0. The normalized spacial score (nSPS) is 9.27. The zero-order valence-corrected chi connectivity index (χ0v) is 6.84. The molecule has 0 unspecified atom stereocenters. The van der Waals surface area contributed by atoms with Gasteiger partial charge in [-0.05, 0) is 0 Å². The van der Waals surface area contributed by atoms with E-state index < -0.39 is 0 Å². The zero-order valence-electron chi connectivity index (χ0n) is 6.84. The number of carbonyl (C=O) groups excluding carboxylic acids is 1. The molecule has 0 aliphatic carbocycles. The van der Waals surface area contributed by atoms with E-state index in [9.17, 15) is 4.79 Å². The SMILES string of the molecule is C=CCN(CC=C)NC(C)=O. The monoisotopic (exact) mass is 154 g/mol. The molecule has 0 aliphatic heterocycles. The first-order chi connectivity index (χ1) is 5.20. The molecule has 0 bridgehead atoms. The van der Waals surface area contributed by atoms with E-state index in [1.54, 1.807) is 17.2 Å². The van der Waals surface area contributed by atoms with Gasteiger partial charge < -0.3 is 0 Å². The number of hydrogen-bond acceptors (Lipinski definition) is 2. The first kappa shape index (κ1) is 9.91. The van der Waals surface area contributed by atoms with Gasteiger partial charge >= 0.3 is 0 Å². The largest absolute Gasteiger partial charge is 0.289 e. The van der Waals surface area contributed by atoms with E-state index in [4.69, 9.17) is 0 Å². The molecule has 62 valence electrons. The van der Waals surface area contributed by atoms with Crippen molar-refractivity contribution in [2.24, 2.45) is 0 Å².